The number of para-hydroxylation sites is 2. The number of nitrogens with one attached hydrogen (secondary N) is 1. The van der Waals surface area contributed by atoms with Crippen LogP contribution in [-0.2, 0) is 9.59 Å². The van der Waals surface area contributed by atoms with Crippen LogP contribution in [0, 0.1) is 27.7 Å². The molecule has 0 bridgehead atoms. The van der Waals surface area contributed by atoms with E-state index >= 15 is 0 Å². The zero-order valence-corrected chi connectivity index (χ0v) is 19.9. The normalized spacial score (nSPS) is 14.7. The SMILES string of the molecule is Cc1cccc(C)c1NC(=O)CN1CCN(CC(=O)N(C(N)=O)c2c(C)cccc2C)CC1. The fourth-order valence-electron chi connectivity index (χ4n) is 4.28. The Balaban J connectivity index is 1.55. The van der Waals surface area contributed by atoms with Crippen molar-refractivity contribution in [2.45, 2.75) is 27.7 Å². The number of nitrogens with zero attached hydrogens (tertiary/aromatic N) is 3. The molecule has 33 heavy (non-hydrogen) atoms. The summed E-state index contributed by atoms with van der Waals surface area (Å²) in [5.74, 6) is -0.395. The lowest BCUT2D eigenvalue weighted by Crippen LogP contribution is -2.53. The Kier molecular flexibility index (Phi) is 7.84. The van der Waals surface area contributed by atoms with Crippen molar-refractivity contribution in [2.24, 2.45) is 5.73 Å². The van der Waals surface area contributed by atoms with Crippen molar-refractivity contribution in [3.05, 3.63) is 58.7 Å². The van der Waals surface area contributed by atoms with Gasteiger partial charge in [0.05, 0.1) is 18.8 Å². The summed E-state index contributed by atoms with van der Waals surface area (Å²) < 4.78 is 0. The number of hydrogen-bond donors (Lipinski definition) is 2. The Morgan fingerprint density at radius 1 is 0.818 bits per heavy atom. The summed E-state index contributed by atoms with van der Waals surface area (Å²) in [6.45, 7) is 10.6. The highest BCUT2D eigenvalue weighted by Crippen LogP contribution is 2.25. The van der Waals surface area contributed by atoms with Crippen LogP contribution in [0.15, 0.2) is 36.4 Å². The molecule has 1 fully saturated rings. The van der Waals surface area contributed by atoms with Gasteiger partial charge in [0.25, 0.3) is 0 Å². The first-order valence-corrected chi connectivity index (χ1v) is 11.2. The van der Waals surface area contributed by atoms with Crippen molar-refractivity contribution in [3.63, 3.8) is 0 Å². The van der Waals surface area contributed by atoms with Gasteiger partial charge in [-0.2, -0.15) is 0 Å². The fraction of sp³-hybridized carbons (Fsp3) is 0.400. The van der Waals surface area contributed by atoms with E-state index in [9.17, 15) is 14.4 Å². The molecule has 0 unspecified atom stereocenters. The number of primary amides is 1. The van der Waals surface area contributed by atoms with Crippen molar-refractivity contribution < 1.29 is 14.4 Å². The van der Waals surface area contributed by atoms with Crippen molar-refractivity contribution in [1.29, 1.82) is 0 Å². The molecule has 0 radical (unpaired) electrons. The average Bonchev–Trinajstić information content (AvgIpc) is 2.74. The molecule has 176 valence electrons. The van der Waals surface area contributed by atoms with E-state index in [4.69, 9.17) is 5.73 Å². The lowest BCUT2D eigenvalue weighted by atomic mass is 10.1. The second-order valence-electron chi connectivity index (χ2n) is 8.68. The van der Waals surface area contributed by atoms with Crippen LogP contribution in [0.2, 0.25) is 0 Å². The summed E-state index contributed by atoms with van der Waals surface area (Å²) in [5.41, 5.74) is 10.7. The number of rotatable bonds is 6. The van der Waals surface area contributed by atoms with E-state index in [1.54, 1.807) is 0 Å². The van der Waals surface area contributed by atoms with Crippen LogP contribution >= 0.6 is 0 Å². The number of imide groups is 1. The number of aryl methyl sites for hydroxylation is 4. The Morgan fingerprint density at radius 3 is 1.76 bits per heavy atom. The van der Waals surface area contributed by atoms with Crippen LogP contribution in [0.1, 0.15) is 22.3 Å². The number of piperazine rings is 1. The summed E-state index contributed by atoms with van der Waals surface area (Å²) in [6, 6.07) is 10.7. The highest BCUT2D eigenvalue weighted by molar-refractivity contribution is 6.15. The van der Waals surface area contributed by atoms with Gasteiger partial charge in [-0.15, -0.1) is 0 Å². The number of benzene rings is 2. The number of carbonyl (C=O) groups is 3. The molecule has 4 amide bonds. The van der Waals surface area contributed by atoms with Crippen LogP contribution in [0.4, 0.5) is 16.2 Å². The molecule has 1 aliphatic rings. The molecule has 0 aromatic heterocycles. The molecule has 3 N–H and O–H groups in total. The molecule has 0 saturated carbocycles. The van der Waals surface area contributed by atoms with Crippen molar-refractivity contribution in [1.82, 2.24) is 9.80 Å². The van der Waals surface area contributed by atoms with Crippen LogP contribution in [0.5, 0.6) is 0 Å². The predicted molar refractivity (Wildman–Crippen MR) is 130 cm³/mol. The van der Waals surface area contributed by atoms with Crippen LogP contribution in [0.3, 0.4) is 0 Å². The van der Waals surface area contributed by atoms with E-state index in [0.29, 0.717) is 38.4 Å². The summed E-state index contributed by atoms with van der Waals surface area (Å²) in [5, 5.41) is 3.02. The van der Waals surface area contributed by atoms with Crippen molar-refractivity contribution in [2.75, 3.05) is 49.5 Å². The molecule has 0 aliphatic carbocycles. The first-order valence-electron chi connectivity index (χ1n) is 11.2. The Labute approximate surface area is 195 Å². The van der Waals surface area contributed by atoms with Crippen molar-refractivity contribution >= 4 is 29.2 Å². The standard InChI is InChI=1S/C25H33N5O3/c1-17-7-5-8-18(2)23(17)27-21(31)15-28-11-13-29(14-12-28)16-22(32)30(25(26)33)24-19(3)9-6-10-20(24)4/h5-10H,11-16H2,1-4H3,(H2,26,33)(H,27,31). The highest BCUT2D eigenvalue weighted by Gasteiger charge is 2.28. The molecule has 0 spiro atoms. The summed E-state index contributed by atoms with van der Waals surface area (Å²) in [4.78, 5) is 42.8. The van der Waals surface area contributed by atoms with Gasteiger partial charge in [0.15, 0.2) is 0 Å². The third-order valence-corrected chi connectivity index (χ3v) is 6.07. The lowest BCUT2D eigenvalue weighted by molar-refractivity contribution is -0.121. The van der Waals surface area contributed by atoms with E-state index in [1.807, 2.05) is 69.0 Å². The van der Waals surface area contributed by atoms with Crippen LogP contribution < -0.4 is 16.0 Å². The van der Waals surface area contributed by atoms with Gasteiger partial charge in [-0.25, -0.2) is 9.69 Å². The zero-order chi connectivity index (χ0) is 24.1. The molecule has 8 heteroatoms. The van der Waals surface area contributed by atoms with Gasteiger partial charge in [0.1, 0.15) is 0 Å². The van der Waals surface area contributed by atoms with E-state index in [2.05, 4.69) is 10.2 Å². The summed E-state index contributed by atoms with van der Waals surface area (Å²) in [7, 11) is 0. The first kappa shape index (κ1) is 24.4. The van der Waals surface area contributed by atoms with Gasteiger partial charge in [-0.05, 0) is 49.9 Å². The summed E-state index contributed by atoms with van der Waals surface area (Å²) in [6.07, 6.45) is 0. The average molecular weight is 452 g/mol. The first-order chi connectivity index (χ1) is 15.7. The maximum Gasteiger partial charge on any atom is 0.326 e. The van der Waals surface area contributed by atoms with Crippen LogP contribution in [0.25, 0.3) is 0 Å². The van der Waals surface area contributed by atoms with Gasteiger partial charge in [0.2, 0.25) is 11.8 Å². The topological polar surface area (TPSA) is 99.0 Å². The maximum absolute atomic E-state index is 13.0. The Bertz CT molecular complexity index is 1000. The number of carbonyl (C=O) groups excluding carboxylic acids is 3. The maximum atomic E-state index is 13.0. The van der Waals surface area contributed by atoms with Crippen LogP contribution in [-0.4, -0.2) is 66.9 Å². The van der Waals surface area contributed by atoms with Gasteiger partial charge in [-0.1, -0.05) is 36.4 Å². The molecule has 3 rings (SSSR count). The Morgan fingerprint density at radius 2 is 1.27 bits per heavy atom. The van der Waals surface area contributed by atoms with Gasteiger partial charge in [-0.3, -0.25) is 19.4 Å². The molecular weight excluding hydrogens is 418 g/mol. The number of nitrogens with two attached hydrogens (primary N) is 1. The number of anilines is 2. The highest BCUT2D eigenvalue weighted by atomic mass is 16.2. The molecular formula is C25H33N5O3. The van der Waals surface area contributed by atoms with Gasteiger partial charge < -0.3 is 11.1 Å². The van der Waals surface area contributed by atoms with E-state index < -0.39 is 6.03 Å². The molecule has 2 aromatic carbocycles. The van der Waals surface area contributed by atoms with Gasteiger partial charge >= 0.3 is 6.03 Å². The van der Waals surface area contributed by atoms with E-state index in [1.165, 1.54) is 0 Å². The minimum absolute atomic E-state index is 0.0492. The second kappa shape index (κ2) is 10.6. The predicted octanol–water partition coefficient (Wildman–Crippen LogP) is 2.59. The molecule has 1 aliphatic heterocycles. The van der Waals surface area contributed by atoms with Crippen molar-refractivity contribution in [3.8, 4) is 0 Å². The Hall–Kier alpha value is -3.23. The zero-order valence-electron chi connectivity index (χ0n) is 19.9. The smallest absolute Gasteiger partial charge is 0.326 e. The number of amides is 4. The number of urea groups is 1. The third-order valence-electron chi connectivity index (χ3n) is 6.07. The molecule has 1 saturated heterocycles. The monoisotopic (exact) mass is 451 g/mol. The van der Waals surface area contributed by atoms with Gasteiger partial charge in [0, 0.05) is 31.9 Å². The third kappa shape index (κ3) is 5.97. The quantitative estimate of drug-likeness (QED) is 0.703. The molecule has 8 nitrogen and oxygen atoms in total. The minimum Gasteiger partial charge on any atom is -0.351 e. The largest absolute Gasteiger partial charge is 0.351 e. The second-order valence-corrected chi connectivity index (χ2v) is 8.68. The summed E-state index contributed by atoms with van der Waals surface area (Å²) >= 11 is 0. The molecule has 0 atom stereocenters. The molecule has 1 heterocycles. The van der Waals surface area contributed by atoms with E-state index in [0.717, 1.165) is 32.8 Å². The fourth-order valence-corrected chi connectivity index (χ4v) is 4.28. The number of hydrogen-bond acceptors (Lipinski definition) is 5. The van der Waals surface area contributed by atoms with E-state index in [-0.39, 0.29) is 18.4 Å². The minimum atomic E-state index is -0.779. The lowest BCUT2D eigenvalue weighted by Gasteiger charge is -2.35. The molecule has 2 aromatic rings.